The summed E-state index contributed by atoms with van der Waals surface area (Å²) in [5.41, 5.74) is 7.97. The molecule has 0 saturated carbocycles. The third kappa shape index (κ3) is 3.37. The first-order chi connectivity index (χ1) is 7.95. The zero-order valence-electron chi connectivity index (χ0n) is 10.9. The Morgan fingerprint density at radius 1 is 1.29 bits per heavy atom. The Morgan fingerprint density at radius 2 is 1.94 bits per heavy atom. The number of nitrogen functional groups attached to an aromatic ring is 1. The molecule has 1 rings (SSSR count). The van der Waals surface area contributed by atoms with E-state index in [9.17, 15) is 4.79 Å². The van der Waals surface area contributed by atoms with Crippen LogP contribution in [0.2, 0.25) is 0 Å². The maximum Gasteiger partial charge on any atom is 0.251 e. The zero-order valence-corrected chi connectivity index (χ0v) is 10.9. The minimum Gasteiger partial charge on any atom is -0.397 e. The second-order valence-electron chi connectivity index (χ2n) is 4.56. The summed E-state index contributed by atoms with van der Waals surface area (Å²) in [6.07, 6.45) is 0. The fourth-order valence-electron chi connectivity index (χ4n) is 1.39. The van der Waals surface area contributed by atoms with E-state index in [1.54, 1.807) is 19.2 Å². The Kier molecular flexibility index (Phi) is 4.37. The minimum atomic E-state index is -0.125. The number of benzene rings is 1. The van der Waals surface area contributed by atoms with E-state index in [4.69, 9.17) is 5.73 Å². The van der Waals surface area contributed by atoms with Gasteiger partial charge in [-0.2, -0.15) is 0 Å². The molecule has 0 aromatic heterocycles. The Hall–Kier alpha value is -1.71. The fraction of sp³-hybridized carbons (Fsp3) is 0.462. The van der Waals surface area contributed by atoms with Gasteiger partial charge >= 0.3 is 0 Å². The lowest BCUT2D eigenvalue weighted by Crippen LogP contribution is -2.22. The highest BCUT2D eigenvalue weighted by molar-refractivity contribution is 5.95. The molecule has 0 aliphatic heterocycles. The van der Waals surface area contributed by atoms with Crippen LogP contribution in [0.25, 0.3) is 0 Å². The highest BCUT2D eigenvalue weighted by atomic mass is 16.1. The van der Waals surface area contributed by atoms with Crippen LogP contribution >= 0.6 is 0 Å². The van der Waals surface area contributed by atoms with Gasteiger partial charge in [-0.1, -0.05) is 13.8 Å². The molecule has 0 saturated heterocycles. The molecule has 1 unspecified atom stereocenters. The molecule has 0 spiro atoms. The van der Waals surface area contributed by atoms with E-state index in [2.05, 4.69) is 31.4 Å². The van der Waals surface area contributed by atoms with Crippen LogP contribution < -0.4 is 16.4 Å². The molecule has 0 bridgehead atoms. The summed E-state index contributed by atoms with van der Waals surface area (Å²) in [5, 5.41) is 5.91. The van der Waals surface area contributed by atoms with Gasteiger partial charge in [-0.3, -0.25) is 4.79 Å². The quantitative estimate of drug-likeness (QED) is 0.700. The zero-order chi connectivity index (χ0) is 13.0. The number of nitrogens with two attached hydrogens (primary N) is 1. The lowest BCUT2D eigenvalue weighted by Gasteiger charge is -2.20. The number of carbonyl (C=O) groups excluding carboxylic acids is 1. The van der Waals surface area contributed by atoms with Gasteiger partial charge in [-0.05, 0) is 31.0 Å². The average Bonchev–Trinajstić information content (AvgIpc) is 2.30. The van der Waals surface area contributed by atoms with Crippen molar-refractivity contribution in [1.82, 2.24) is 5.32 Å². The van der Waals surface area contributed by atoms with Gasteiger partial charge in [-0.15, -0.1) is 0 Å². The lowest BCUT2D eigenvalue weighted by atomic mass is 10.1. The summed E-state index contributed by atoms with van der Waals surface area (Å²) < 4.78 is 0. The first-order valence-electron chi connectivity index (χ1n) is 5.83. The summed E-state index contributed by atoms with van der Waals surface area (Å²) in [5.74, 6) is 0.396. The van der Waals surface area contributed by atoms with Crippen LogP contribution in [-0.4, -0.2) is 19.0 Å². The number of nitrogens with one attached hydrogen (secondary N) is 2. The van der Waals surface area contributed by atoms with E-state index < -0.39 is 0 Å². The number of hydrogen-bond donors (Lipinski definition) is 3. The summed E-state index contributed by atoms with van der Waals surface area (Å²) in [4.78, 5) is 11.4. The molecule has 1 aromatic carbocycles. The number of carbonyl (C=O) groups is 1. The van der Waals surface area contributed by atoms with E-state index in [1.165, 1.54) is 0 Å². The molecule has 0 fully saturated rings. The first-order valence-corrected chi connectivity index (χ1v) is 5.83. The Morgan fingerprint density at radius 3 is 2.41 bits per heavy atom. The van der Waals surface area contributed by atoms with Crippen molar-refractivity contribution in [2.45, 2.75) is 26.8 Å². The number of amides is 1. The van der Waals surface area contributed by atoms with Gasteiger partial charge in [0.15, 0.2) is 0 Å². The predicted molar refractivity (Wildman–Crippen MR) is 72.2 cm³/mol. The van der Waals surface area contributed by atoms with Crippen molar-refractivity contribution >= 4 is 17.3 Å². The van der Waals surface area contributed by atoms with Gasteiger partial charge in [0.05, 0.1) is 11.4 Å². The third-order valence-electron chi connectivity index (χ3n) is 2.92. The van der Waals surface area contributed by atoms with Crippen LogP contribution in [0.5, 0.6) is 0 Å². The topological polar surface area (TPSA) is 67.2 Å². The summed E-state index contributed by atoms with van der Waals surface area (Å²) in [6, 6.07) is 5.64. The van der Waals surface area contributed by atoms with Crippen molar-refractivity contribution in [2.24, 2.45) is 5.92 Å². The maximum absolute atomic E-state index is 11.4. The summed E-state index contributed by atoms with van der Waals surface area (Å²) in [6.45, 7) is 6.40. The van der Waals surface area contributed by atoms with E-state index >= 15 is 0 Å². The van der Waals surface area contributed by atoms with Crippen molar-refractivity contribution in [3.05, 3.63) is 23.8 Å². The van der Waals surface area contributed by atoms with Crippen LogP contribution in [0.4, 0.5) is 11.4 Å². The molecule has 1 aromatic rings. The molecule has 4 heteroatoms. The van der Waals surface area contributed by atoms with Crippen molar-refractivity contribution < 1.29 is 4.79 Å². The highest BCUT2D eigenvalue weighted by Crippen LogP contribution is 2.22. The van der Waals surface area contributed by atoms with E-state index in [0.29, 0.717) is 23.2 Å². The van der Waals surface area contributed by atoms with Crippen LogP contribution in [0.3, 0.4) is 0 Å². The van der Waals surface area contributed by atoms with Gasteiger partial charge in [0.25, 0.3) is 5.91 Å². The number of rotatable bonds is 4. The lowest BCUT2D eigenvalue weighted by molar-refractivity contribution is 0.0963. The molecule has 4 N–H and O–H groups in total. The first kappa shape index (κ1) is 13.4. The van der Waals surface area contributed by atoms with Gasteiger partial charge in [0.1, 0.15) is 0 Å². The van der Waals surface area contributed by atoms with Crippen LogP contribution in [0.1, 0.15) is 31.1 Å². The largest absolute Gasteiger partial charge is 0.397 e. The SMILES string of the molecule is CNC(=O)c1ccc(NC(C)C(C)C)c(N)c1. The summed E-state index contributed by atoms with van der Waals surface area (Å²) >= 11 is 0. The molecule has 1 atom stereocenters. The molecule has 0 heterocycles. The minimum absolute atomic E-state index is 0.125. The normalized spacial score (nSPS) is 12.3. The van der Waals surface area contributed by atoms with E-state index in [0.717, 1.165) is 5.69 Å². The number of anilines is 2. The average molecular weight is 235 g/mol. The van der Waals surface area contributed by atoms with Gasteiger partial charge in [0, 0.05) is 18.7 Å². The van der Waals surface area contributed by atoms with Crippen molar-refractivity contribution in [3.63, 3.8) is 0 Å². The summed E-state index contributed by atoms with van der Waals surface area (Å²) in [7, 11) is 1.60. The van der Waals surface area contributed by atoms with E-state index in [-0.39, 0.29) is 5.91 Å². The molecule has 94 valence electrons. The third-order valence-corrected chi connectivity index (χ3v) is 2.92. The molecular formula is C13H21N3O. The second-order valence-corrected chi connectivity index (χ2v) is 4.56. The van der Waals surface area contributed by atoms with Crippen molar-refractivity contribution in [2.75, 3.05) is 18.1 Å². The monoisotopic (exact) mass is 235 g/mol. The number of hydrogen-bond acceptors (Lipinski definition) is 3. The standard InChI is InChI=1S/C13H21N3O/c1-8(2)9(3)16-12-6-5-10(7-11(12)14)13(17)15-4/h5-9,16H,14H2,1-4H3,(H,15,17). The maximum atomic E-state index is 11.4. The Balaban J connectivity index is 2.87. The molecule has 0 radical (unpaired) electrons. The molecule has 1 amide bonds. The van der Waals surface area contributed by atoms with Gasteiger partial charge in [-0.25, -0.2) is 0 Å². The van der Waals surface area contributed by atoms with Crippen molar-refractivity contribution in [3.8, 4) is 0 Å². The molecule has 4 nitrogen and oxygen atoms in total. The van der Waals surface area contributed by atoms with E-state index in [1.807, 2.05) is 6.07 Å². The van der Waals surface area contributed by atoms with Crippen molar-refractivity contribution in [1.29, 1.82) is 0 Å². The second kappa shape index (κ2) is 5.57. The van der Waals surface area contributed by atoms with Crippen LogP contribution in [0, 0.1) is 5.92 Å². The fourth-order valence-corrected chi connectivity index (χ4v) is 1.39. The van der Waals surface area contributed by atoms with Gasteiger partial charge in [0.2, 0.25) is 0 Å². The highest BCUT2D eigenvalue weighted by Gasteiger charge is 2.10. The molecule has 0 aliphatic rings. The molecular weight excluding hydrogens is 214 g/mol. The predicted octanol–water partition coefficient (Wildman–Crippen LogP) is 2.08. The molecule has 0 aliphatic carbocycles. The van der Waals surface area contributed by atoms with Crippen LogP contribution in [-0.2, 0) is 0 Å². The molecule has 17 heavy (non-hydrogen) atoms. The Labute approximate surface area is 103 Å². The van der Waals surface area contributed by atoms with Crippen LogP contribution in [0.15, 0.2) is 18.2 Å². The smallest absolute Gasteiger partial charge is 0.251 e. The Bertz CT molecular complexity index is 402. The van der Waals surface area contributed by atoms with Gasteiger partial charge < -0.3 is 16.4 Å².